The summed E-state index contributed by atoms with van der Waals surface area (Å²) in [5, 5.41) is 3.42. The number of anilines is 1. The molecule has 1 aliphatic rings. The molecule has 1 N–H and O–H groups in total. The van der Waals surface area contributed by atoms with Crippen LogP contribution in [0.2, 0.25) is 0 Å². The fraction of sp³-hybridized carbons (Fsp3) is 0.571. The third-order valence-corrected chi connectivity index (χ3v) is 3.52. The van der Waals surface area contributed by atoms with E-state index in [1.165, 1.54) is 43.7 Å². The van der Waals surface area contributed by atoms with Crippen LogP contribution in [0.3, 0.4) is 0 Å². The largest absolute Gasteiger partial charge is 0.374 e. The molecule has 1 heterocycles. The number of hydrogen-bond donors (Lipinski definition) is 1. The van der Waals surface area contributed by atoms with Crippen molar-refractivity contribution in [2.45, 2.75) is 19.8 Å². The number of hydrogen-bond acceptors (Lipinski definition) is 2. The van der Waals surface area contributed by atoms with Crippen LogP contribution in [0.25, 0.3) is 0 Å². The highest BCUT2D eigenvalue weighted by atomic mass is 15.1. The molecule has 88 valence electrons. The van der Waals surface area contributed by atoms with Crippen LogP contribution in [0.5, 0.6) is 0 Å². The predicted molar refractivity (Wildman–Crippen MR) is 70.0 cm³/mol. The maximum absolute atomic E-state index is 3.42. The molecule has 0 atom stereocenters. The predicted octanol–water partition coefficient (Wildman–Crippen LogP) is 2.43. The fourth-order valence-electron chi connectivity index (χ4n) is 2.54. The summed E-state index contributed by atoms with van der Waals surface area (Å²) in [6, 6.07) is 8.64. The molecule has 0 aromatic heterocycles. The molecule has 2 nitrogen and oxygen atoms in total. The Morgan fingerprint density at radius 3 is 2.62 bits per heavy atom. The van der Waals surface area contributed by atoms with Crippen LogP contribution in [0.4, 0.5) is 5.69 Å². The third-order valence-electron chi connectivity index (χ3n) is 3.52. The molecule has 2 rings (SSSR count). The van der Waals surface area contributed by atoms with E-state index >= 15 is 0 Å². The van der Waals surface area contributed by atoms with Gasteiger partial charge in [0.05, 0.1) is 0 Å². The summed E-state index contributed by atoms with van der Waals surface area (Å²) in [7, 11) is 2.21. The highest BCUT2D eigenvalue weighted by Crippen LogP contribution is 2.21. The fourth-order valence-corrected chi connectivity index (χ4v) is 2.54. The molecule has 0 radical (unpaired) electrons. The molecule has 1 fully saturated rings. The van der Waals surface area contributed by atoms with Crippen LogP contribution >= 0.6 is 0 Å². The number of rotatable bonds is 3. The second-order valence-electron chi connectivity index (χ2n) is 4.86. The lowest BCUT2D eigenvalue weighted by atomic mass is 9.97. The number of aryl methyl sites for hydroxylation is 1. The number of nitrogens with zero attached hydrogens (tertiary/aromatic N) is 1. The minimum absolute atomic E-state index is 0.853. The van der Waals surface area contributed by atoms with Gasteiger partial charge in [-0.1, -0.05) is 18.2 Å². The minimum atomic E-state index is 0.853. The second kappa shape index (κ2) is 5.35. The molecule has 0 aliphatic carbocycles. The van der Waals surface area contributed by atoms with E-state index in [0.29, 0.717) is 0 Å². The van der Waals surface area contributed by atoms with Gasteiger partial charge in [-0.3, -0.25) is 0 Å². The number of benzene rings is 1. The monoisotopic (exact) mass is 218 g/mol. The van der Waals surface area contributed by atoms with Gasteiger partial charge in [-0.25, -0.2) is 0 Å². The summed E-state index contributed by atoms with van der Waals surface area (Å²) in [4.78, 5) is 2.41. The Hall–Kier alpha value is -1.02. The molecule has 0 spiro atoms. The van der Waals surface area contributed by atoms with Crippen LogP contribution in [-0.2, 0) is 0 Å². The first-order chi connectivity index (χ1) is 7.77. The van der Waals surface area contributed by atoms with E-state index in [2.05, 4.69) is 48.5 Å². The van der Waals surface area contributed by atoms with Crippen LogP contribution in [-0.4, -0.2) is 26.7 Å². The number of piperidine rings is 1. The molecule has 1 aromatic rings. The van der Waals surface area contributed by atoms with E-state index in [9.17, 15) is 0 Å². The summed E-state index contributed by atoms with van der Waals surface area (Å²) in [5.74, 6) is 0.853. The second-order valence-corrected chi connectivity index (χ2v) is 4.86. The number of para-hydroxylation sites is 1. The molecular weight excluding hydrogens is 196 g/mol. The Morgan fingerprint density at radius 1 is 1.25 bits per heavy atom. The Morgan fingerprint density at radius 2 is 1.94 bits per heavy atom. The van der Waals surface area contributed by atoms with Gasteiger partial charge >= 0.3 is 0 Å². The Labute approximate surface area is 98.7 Å². The smallest absolute Gasteiger partial charge is 0.0393 e. The summed E-state index contributed by atoms with van der Waals surface area (Å²) in [6.07, 6.45) is 2.63. The van der Waals surface area contributed by atoms with Gasteiger partial charge in [-0.15, -0.1) is 0 Å². The average Bonchev–Trinajstić information content (AvgIpc) is 2.31. The number of nitrogens with one attached hydrogen (secondary N) is 1. The third kappa shape index (κ3) is 2.76. The maximum atomic E-state index is 3.42. The van der Waals surface area contributed by atoms with Gasteiger partial charge in [-0.05, 0) is 50.4 Å². The Bertz CT molecular complexity index is 329. The molecule has 0 unspecified atom stereocenters. The first-order valence-corrected chi connectivity index (χ1v) is 6.25. The lowest BCUT2D eigenvalue weighted by Crippen LogP contribution is -2.34. The van der Waals surface area contributed by atoms with Gasteiger partial charge in [0, 0.05) is 19.3 Å². The zero-order chi connectivity index (χ0) is 11.4. The molecule has 16 heavy (non-hydrogen) atoms. The molecule has 2 heteroatoms. The summed E-state index contributed by atoms with van der Waals surface area (Å²) in [5.41, 5.74) is 2.75. The first kappa shape index (κ1) is 11.5. The van der Waals surface area contributed by atoms with E-state index < -0.39 is 0 Å². The van der Waals surface area contributed by atoms with E-state index in [4.69, 9.17) is 0 Å². The zero-order valence-corrected chi connectivity index (χ0v) is 10.4. The van der Waals surface area contributed by atoms with E-state index in [-0.39, 0.29) is 0 Å². The molecule has 0 bridgehead atoms. The standard InChI is InChI=1S/C14H22N2/c1-12-5-3-4-6-14(12)16(2)11-13-7-9-15-10-8-13/h3-6,13,15H,7-11H2,1-2H3. The average molecular weight is 218 g/mol. The maximum Gasteiger partial charge on any atom is 0.0393 e. The van der Waals surface area contributed by atoms with E-state index in [1.54, 1.807) is 0 Å². The molecule has 1 saturated heterocycles. The van der Waals surface area contributed by atoms with Crippen LogP contribution in [0, 0.1) is 12.8 Å². The Balaban J connectivity index is 1.96. The van der Waals surface area contributed by atoms with Crippen LogP contribution < -0.4 is 10.2 Å². The van der Waals surface area contributed by atoms with Crippen LogP contribution in [0.1, 0.15) is 18.4 Å². The van der Waals surface area contributed by atoms with Gasteiger partial charge in [0.1, 0.15) is 0 Å². The lowest BCUT2D eigenvalue weighted by Gasteiger charge is -2.29. The van der Waals surface area contributed by atoms with Crippen molar-refractivity contribution >= 4 is 5.69 Å². The summed E-state index contributed by atoms with van der Waals surface area (Å²) >= 11 is 0. The van der Waals surface area contributed by atoms with Crippen molar-refractivity contribution < 1.29 is 0 Å². The quantitative estimate of drug-likeness (QED) is 0.838. The van der Waals surface area contributed by atoms with Crippen molar-refractivity contribution in [3.8, 4) is 0 Å². The normalized spacial score (nSPS) is 17.4. The highest BCUT2D eigenvalue weighted by Gasteiger charge is 2.15. The summed E-state index contributed by atoms with van der Waals surface area (Å²) in [6.45, 7) is 5.75. The van der Waals surface area contributed by atoms with E-state index in [0.717, 1.165) is 5.92 Å². The van der Waals surface area contributed by atoms with Gasteiger partial charge in [0.25, 0.3) is 0 Å². The zero-order valence-electron chi connectivity index (χ0n) is 10.4. The van der Waals surface area contributed by atoms with Crippen LogP contribution in [0.15, 0.2) is 24.3 Å². The lowest BCUT2D eigenvalue weighted by molar-refractivity contribution is 0.378. The first-order valence-electron chi connectivity index (χ1n) is 6.25. The van der Waals surface area contributed by atoms with Crippen molar-refractivity contribution in [2.24, 2.45) is 5.92 Å². The topological polar surface area (TPSA) is 15.3 Å². The van der Waals surface area contributed by atoms with Gasteiger partial charge in [0.15, 0.2) is 0 Å². The SMILES string of the molecule is Cc1ccccc1N(C)CC1CCNCC1. The highest BCUT2D eigenvalue weighted by molar-refractivity contribution is 5.52. The van der Waals surface area contributed by atoms with Crippen molar-refractivity contribution in [2.75, 3.05) is 31.6 Å². The van der Waals surface area contributed by atoms with E-state index in [1.807, 2.05) is 0 Å². The van der Waals surface area contributed by atoms with Crippen molar-refractivity contribution in [1.29, 1.82) is 0 Å². The van der Waals surface area contributed by atoms with Crippen molar-refractivity contribution in [1.82, 2.24) is 5.32 Å². The van der Waals surface area contributed by atoms with Crippen molar-refractivity contribution in [3.05, 3.63) is 29.8 Å². The molecule has 1 aliphatic heterocycles. The van der Waals surface area contributed by atoms with Gasteiger partial charge < -0.3 is 10.2 Å². The summed E-state index contributed by atoms with van der Waals surface area (Å²) < 4.78 is 0. The molecule has 0 amide bonds. The van der Waals surface area contributed by atoms with Crippen molar-refractivity contribution in [3.63, 3.8) is 0 Å². The van der Waals surface area contributed by atoms with Gasteiger partial charge in [0.2, 0.25) is 0 Å². The molecular formula is C14H22N2. The minimum Gasteiger partial charge on any atom is -0.374 e. The molecule has 1 aromatic carbocycles. The molecule has 0 saturated carbocycles. The van der Waals surface area contributed by atoms with Gasteiger partial charge in [-0.2, -0.15) is 0 Å². The Kier molecular flexibility index (Phi) is 3.83.